The number of hydrogen-bond donors (Lipinski definition) is 0. The van der Waals surface area contributed by atoms with Gasteiger partial charge in [-0.15, -0.1) is 22.9 Å². The molecule has 0 atom stereocenters. The van der Waals surface area contributed by atoms with Gasteiger partial charge in [0.25, 0.3) is 0 Å². The number of hydrogen-bond acceptors (Lipinski definition) is 3. The van der Waals surface area contributed by atoms with Gasteiger partial charge in [0.2, 0.25) is 0 Å². The zero-order valence-corrected chi connectivity index (χ0v) is 12.9. The summed E-state index contributed by atoms with van der Waals surface area (Å²) in [6.07, 6.45) is 2.95. The van der Waals surface area contributed by atoms with Crippen LogP contribution in [0.1, 0.15) is 16.0 Å². The maximum absolute atomic E-state index is 6.02. The SMILES string of the molecule is ClCc1cc(Br)cnc1N1CCc2sccc2C1. The molecular weight excluding hydrogens is 332 g/mol. The average molecular weight is 344 g/mol. The highest BCUT2D eigenvalue weighted by Crippen LogP contribution is 2.30. The third kappa shape index (κ3) is 2.29. The Morgan fingerprint density at radius 2 is 2.39 bits per heavy atom. The third-order valence-electron chi connectivity index (χ3n) is 3.16. The molecule has 0 amide bonds. The van der Waals surface area contributed by atoms with Crippen LogP contribution < -0.4 is 4.90 Å². The van der Waals surface area contributed by atoms with E-state index in [1.807, 2.05) is 17.5 Å². The molecule has 2 aromatic rings. The number of alkyl halides is 1. The second kappa shape index (κ2) is 5.19. The number of anilines is 1. The molecule has 3 heterocycles. The van der Waals surface area contributed by atoms with Crippen LogP contribution in [-0.4, -0.2) is 11.5 Å². The highest BCUT2D eigenvalue weighted by Gasteiger charge is 2.20. The molecule has 0 saturated heterocycles. The number of fused-ring (bicyclic) bond motifs is 1. The molecule has 94 valence electrons. The van der Waals surface area contributed by atoms with E-state index < -0.39 is 0 Å². The first-order chi connectivity index (χ1) is 8.78. The number of nitrogens with zero attached hydrogens (tertiary/aromatic N) is 2. The Morgan fingerprint density at radius 3 is 3.22 bits per heavy atom. The van der Waals surface area contributed by atoms with Crippen LogP contribution >= 0.6 is 38.9 Å². The fourth-order valence-electron chi connectivity index (χ4n) is 2.29. The van der Waals surface area contributed by atoms with Gasteiger partial charge in [0, 0.05) is 34.2 Å². The normalized spacial score (nSPS) is 14.7. The zero-order chi connectivity index (χ0) is 12.5. The monoisotopic (exact) mass is 342 g/mol. The predicted octanol–water partition coefficient (Wildman–Crippen LogP) is 4.21. The minimum absolute atomic E-state index is 0.495. The summed E-state index contributed by atoms with van der Waals surface area (Å²) in [5.74, 6) is 1.51. The van der Waals surface area contributed by atoms with Crippen molar-refractivity contribution >= 4 is 44.7 Å². The van der Waals surface area contributed by atoms with Gasteiger partial charge in [-0.05, 0) is 45.4 Å². The molecule has 1 aliphatic heterocycles. The Bertz CT molecular complexity index is 570. The number of rotatable bonds is 2. The van der Waals surface area contributed by atoms with Crippen molar-refractivity contribution in [2.45, 2.75) is 18.8 Å². The van der Waals surface area contributed by atoms with Crippen molar-refractivity contribution in [3.63, 3.8) is 0 Å². The van der Waals surface area contributed by atoms with Gasteiger partial charge in [-0.3, -0.25) is 0 Å². The maximum atomic E-state index is 6.02. The van der Waals surface area contributed by atoms with Crippen LogP contribution in [-0.2, 0) is 18.8 Å². The van der Waals surface area contributed by atoms with Gasteiger partial charge < -0.3 is 4.90 Å². The summed E-state index contributed by atoms with van der Waals surface area (Å²) in [4.78, 5) is 8.36. The lowest BCUT2D eigenvalue weighted by atomic mass is 10.1. The highest BCUT2D eigenvalue weighted by molar-refractivity contribution is 9.10. The van der Waals surface area contributed by atoms with E-state index in [1.165, 1.54) is 10.4 Å². The maximum Gasteiger partial charge on any atom is 0.133 e. The molecule has 1 aliphatic rings. The molecular formula is C13H12BrClN2S. The van der Waals surface area contributed by atoms with Crippen molar-refractivity contribution < 1.29 is 0 Å². The molecule has 0 fully saturated rings. The van der Waals surface area contributed by atoms with E-state index in [-0.39, 0.29) is 0 Å². The fourth-order valence-corrected chi connectivity index (χ4v) is 3.75. The van der Waals surface area contributed by atoms with Gasteiger partial charge in [-0.2, -0.15) is 0 Å². The molecule has 0 aliphatic carbocycles. The summed E-state index contributed by atoms with van der Waals surface area (Å²) in [5, 5.41) is 2.17. The summed E-state index contributed by atoms with van der Waals surface area (Å²) >= 11 is 11.3. The zero-order valence-electron chi connectivity index (χ0n) is 9.70. The lowest BCUT2D eigenvalue weighted by Gasteiger charge is -2.29. The number of thiophene rings is 1. The molecule has 2 aromatic heterocycles. The Balaban J connectivity index is 1.93. The van der Waals surface area contributed by atoms with E-state index in [2.05, 4.69) is 43.3 Å². The van der Waals surface area contributed by atoms with Gasteiger partial charge in [0.15, 0.2) is 0 Å². The second-order valence-corrected chi connectivity index (χ2v) is 6.49. The largest absolute Gasteiger partial charge is 0.352 e. The minimum Gasteiger partial charge on any atom is -0.352 e. The van der Waals surface area contributed by atoms with Gasteiger partial charge in [-0.25, -0.2) is 4.98 Å². The predicted molar refractivity (Wildman–Crippen MR) is 80.6 cm³/mol. The standard InChI is InChI=1S/C13H12BrClN2S/c14-11-5-10(6-15)13(16-7-11)17-3-1-12-9(8-17)2-4-18-12/h2,4-5,7H,1,3,6,8H2. The first-order valence-corrected chi connectivity index (χ1v) is 7.99. The molecule has 0 aromatic carbocycles. The van der Waals surface area contributed by atoms with Crippen molar-refractivity contribution in [2.75, 3.05) is 11.4 Å². The number of halogens is 2. The average Bonchev–Trinajstić information content (AvgIpc) is 2.85. The van der Waals surface area contributed by atoms with Crippen LogP contribution in [0.15, 0.2) is 28.2 Å². The molecule has 3 rings (SSSR count). The van der Waals surface area contributed by atoms with Crippen molar-refractivity contribution in [1.29, 1.82) is 0 Å². The summed E-state index contributed by atoms with van der Waals surface area (Å²) in [7, 11) is 0. The fraction of sp³-hybridized carbons (Fsp3) is 0.308. The molecule has 0 spiro atoms. The van der Waals surface area contributed by atoms with Gasteiger partial charge >= 0.3 is 0 Å². The van der Waals surface area contributed by atoms with Gasteiger partial charge in [-0.1, -0.05) is 0 Å². The number of pyridine rings is 1. The van der Waals surface area contributed by atoms with Crippen LogP contribution in [0, 0.1) is 0 Å². The Labute approximate surface area is 124 Å². The molecule has 2 nitrogen and oxygen atoms in total. The lowest BCUT2D eigenvalue weighted by molar-refractivity contribution is 0.728. The van der Waals surface area contributed by atoms with E-state index in [9.17, 15) is 0 Å². The van der Waals surface area contributed by atoms with Crippen LogP contribution in [0.4, 0.5) is 5.82 Å². The van der Waals surface area contributed by atoms with Crippen LogP contribution in [0.25, 0.3) is 0 Å². The van der Waals surface area contributed by atoms with E-state index in [1.54, 1.807) is 0 Å². The van der Waals surface area contributed by atoms with Crippen molar-refractivity contribution in [3.8, 4) is 0 Å². The first-order valence-electron chi connectivity index (χ1n) is 5.78. The van der Waals surface area contributed by atoms with Crippen LogP contribution in [0.2, 0.25) is 0 Å². The van der Waals surface area contributed by atoms with E-state index in [0.717, 1.165) is 35.4 Å². The van der Waals surface area contributed by atoms with Crippen LogP contribution in [0.3, 0.4) is 0 Å². The molecule has 5 heteroatoms. The van der Waals surface area contributed by atoms with Crippen molar-refractivity contribution in [1.82, 2.24) is 4.98 Å². The van der Waals surface area contributed by atoms with Gasteiger partial charge in [0.05, 0.1) is 5.88 Å². The van der Waals surface area contributed by atoms with E-state index >= 15 is 0 Å². The summed E-state index contributed by atoms with van der Waals surface area (Å²) in [6, 6.07) is 4.27. The topological polar surface area (TPSA) is 16.1 Å². The summed E-state index contributed by atoms with van der Waals surface area (Å²) in [5.41, 5.74) is 2.52. The minimum atomic E-state index is 0.495. The molecule has 0 radical (unpaired) electrons. The van der Waals surface area contributed by atoms with Crippen molar-refractivity contribution in [2.24, 2.45) is 0 Å². The Kier molecular flexibility index (Phi) is 3.59. The van der Waals surface area contributed by atoms with E-state index in [4.69, 9.17) is 11.6 Å². The molecule has 0 unspecified atom stereocenters. The number of aromatic nitrogens is 1. The molecule has 18 heavy (non-hydrogen) atoms. The third-order valence-corrected chi connectivity index (χ3v) is 4.91. The smallest absolute Gasteiger partial charge is 0.133 e. The lowest BCUT2D eigenvalue weighted by Crippen LogP contribution is -2.30. The summed E-state index contributed by atoms with van der Waals surface area (Å²) < 4.78 is 0.982. The van der Waals surface area contributed by atoms with Crippen molar-refractivity contribution in [3.05, 3.63) is 44.2 Å². The van der Waals surface area contributed by atoms with Gasteiger partial charge in [0.1, 0.15) is 5.82 Å². The first kappa shape index (κ1) is 12.5. The molecule has 0 saturated carbocycles. The summed E-state index contributed by atoms with van der Waals surface area (Å²) in [6.45, 7) is 1.96. The van der Waals surface area contributed by atoms with E-state index in [0.29, 0.717) is 5.88 Å². The Hall–Kier alpha value is -0.580. The van der Waals surface area contributed by atoms with Crippen LogP contribution in [0.5, 0.6) is 0 Å². The second-order valence-electron chi connectivity index (χ2n) is 4.31. The highest BCUT2D eigenvalue weighted by atomic mass is 79.9. The Morgan fingerprint density at radius 1 is 1.50 bits per heavy atom. The quantitative estimate of drug-likeness (QED) is 0.759. The molecule has 0 bridgehead atoms. The molecule has 0 N–H and O–H groups in total.